The van der Waals surface area contributed by atoms with Crippen LogP contribution < -0.4 is 5.32 Å². The van der Waals surface area contributed by atoms with Gasteiger partial charge in [0.25, 0.3) is 0 Å². The van der Waals surface area contributed by atoms with Crippen molar-refractivity contribution in [3.63, 3.8) is 0 Å². The fraction of sp³-hybridized carbons (Fsp3) is 0.429. The van der Waals surface area contributed by atoms with Gasteiger partial charge < -0.3 is 5.32 Å². The molecule has 1 unspecified atom stereocenters. The van der Waals surface area contributed by atoms with Gasteiger partial charge >= 0.3 is 0 Å². The van der Waals surface area contributed by atoms with Crippen LogP contribution in [0.4, 0.5) is 4.39 Å². The Balaban J connectivity index is 2.24. The highest BCUT2D eigenvalue weighted by atomic mass is 79.9. The first-order valence-electron chi connectivity index (χ1n) is 6.58. The van der Waals surface area contributed by atoms with Gasteiger partial charge in [-0.3, -0.25) is 0 Å². The minimum absolute atomic E-state index is 0.106. The summed E-state index contributed by atoms with van der Waals surface area (Å²) in [6.45, 7) is 2.13. The monoisotopic (exact) mass is 357 g/mol. The highest BCUT2D eigenvalue weighted by molar-refractivity contribution is 9.10. The standard InChI is InChI=1S/C14H17BrFN3S/c1-3-5-11-14(20-19-18-11)12(17-2)8-9-6-4-7-10(16)13(9)15/h4,6-7,12,17H,3,5,8H2,1-2H3. The van der Waals surface area contributed by atoms with Crippen LogP contribution in [0.3, 0.4) is 0 Å². The van der Waals surface area contributed by atoms with Crippen molar-refractivity contribution in [2.24, 2.45) is 0 Å². The van der Waals surface area contributed by atoms with E-state index in [4.69, 9.17) is 0 Å². The van der Waals surface area contributed by atoms with E-state index in [0.29, 0.717) is 10.9 Å². The first-order valence-corrected chi connectivity index (χ1v) is 8.15. The van der Waals surface area contributed by atoms with Gasteiger partial charge in [0.05, 0.1) is 15.0 Å². The number of benzene rings is 1. The molecule has 2 aromatic rings. The van der Waals surface area contributed by atoms with Gasteiger partial charge in [-0.1, -0.05) is 30.0 Å². The zero-order chi connectivity index (χ0) is 14.5. The molecule has 0 aliphatic rings. The fourth-order valence-corrected chi connectivity index (χ4v) is 3.37. The van der Waals surface area contributed by atoms with E-state index in [0.717, 1.165) is 29.0 Å². The van der Waals surface area contributed by atoms with Gasteiger partial charge in [0.15, 0.2) is 0 Å². The van der Waals surface area contributed by atoms with E-state index in [2.05, 4.69) is 37.8 Å². The summed E-state index contributed by atoms with van der Waals surface area (Å²) in [7, 11) is 1.91. The summed E-state index contributed by atoms with van der Waals surface area (Å²) < 4.78 is 18.2. The maximum atomic E-state index is 13.6. The van der Waals surface area contributed by atoms with Crippen LogP contribution in [0, 0.1) is 5.82 Å². The third kappa shape index (κ3) is 3.42. The highest BCUT2D eigenvalue weighted by Gasteiger charge is 2.19. The second-order valence-corrected chi connectivity index (χ2v) is 6.17. The first kappa shape index (κ1) is 15.5. The second-order valence-electron chi connectivity index (χ2n) is 4.59. The third-order valence-electron chi connectivity index (χ3n) is 3.19. The normalized spacial score (nSPS) is 12.6. The minimum Gasteiger partial charge on any atom is -0.312 e. The topological polar surface area (TPSA) is 37.8 Å². The van der Waals surface area contributed by atoms with Crippen LogP contribution in [-0.2, 0) is 12.8 Å². The van der Waals surface area contributed by atoms with E-state index in [1.54, 1.807) is 6.07 Å². The molecule has 0 aliphatic carbocycles. The summed E-state index contributed by atoms with van der Waals surface area (Å²) in [6, 6.07) is 5.24. The van der Waals surface area contributed by atoms with E-state index in [-0.39, 0.29) is 11.9 Å². The lowest BCUT2D eigenvalue weighted by Gasteiger charge is -2.16. The first-order chi connectivity index (χ1) is 9.67. The number of aryl methyl sites for hydroxylation is 1. The molecule has 20 heavy (non-hydrogen) atoms. The number of likely N-dealkylation sites (N-methyl/N-ethyl adjacent to an activating group) is 1. The summed E-state index contributed by atoms with van der Waals surface area (Å²) >= 11 is 4.74. The molecule has 1 N–H and O–H groups in total. The highest BCUT2D eigenvalue weighted by Crippen LogP contribution is 2.28. The molecule has 0 saturated heterocycles. The van der Waals surface area contributed by atoms with Gasteiger partial charge in [-0.05, 0) is 59.0 Å². The summed E-state index contributed by atoms with van der Waals surface area (Å²) in [5.41, 5.74) is 1.99. The maximum absolute atomic E-state index is 13.6. The molecule has 0 fully saturated rings. The Bertz CT molecular complexity index is 573. The number of halogens is 2. The zero-order valence-corrected chi connectivity index (χ0v) is 13.9. The van der Waals surface area contributed by atoms with Gasteiger partial charge in [0, 0.05) is 6.04 Å². The Kier molecular flexibility index (Phi) is 5.63. The molecule has 1 heterocycles. The average molecular weight is 358 g/mol. The summed E-state index contributed by atoms with van der Waals surface area (Å²) in [5.74, 6) is -0.228. The Morgan fingerprint density at radius 1 is 1.45 bits per heavy atom. The van der Waals surface area contributed by atoms with Gasteiger partial charge in [0.1, 0.15) is 5.82 Å². The molecule has 6 heteroatoms. The van der Waals surface area contributed by atoms with E-state index < -0.39 is 0 Å². The third-order valence-corrected chi connectivity index (χ3v) is 4.96. The lowest BCUT2D eigenvalue weighted by molar-refractivity contribution is 0.581. The quantitative estimate of drug-likeness (QED) is 0.851. The minimum atomic E-state index is -0.228. The van der Waals surface area contributed by atoms with Crippen LogP contribution in [0.15, 0.2) is 22.7 Å². The van der Waals surface area contributed by atoms with Gasteiger partial charge in [-0.15, -0.1) is 5.10 Å². The number of nitrogens with one attached hydrogen (secondary N) is 1. The van der Waals surface area contributed by atoms with Crippen LogP contribution in [-0.4, -0.2) is 16.6 Å². The molecule has 1 aromatic heterocycles. The number of hydrogen-bond acceptors (Lipinski definition) is 4. The largest absolute Gasteiger partial charge is 0.312 e. The van der Waals surface area contributed by atoms with Gasteiger partial charge in [-0.2, -0.15) is 0 Å². The van der Waals surface area contributed by atoms with E-state index in [1.807, 2.05) is 13.1 Å². The molecular weight excluding hydrogens is 341 g/mol. The average Bonchev–Trinajstić information content (AvgIpc) is 2.89. The Labute approximate surface area is 130 Å². The van der Waals surface area contributed by atoms with Crippen molar-refractivity contribution in [2.75, 3.05) is 7.05 Å². The molecule has 1 aromatic carbocycles. The Morgan fingerprint density at radius 3 is 2.95 bits per heavy atom. The van der Waals surface area contributed by atoms with E-state index in [9.17, 15) is 4.39 Å². The summed E-state index contributed by atoms with van der Waals surface area (Å²) in [6.07, 6.45) is 2.67. The molecule has 0 radical (unpaired) electrons. The predicted octanol–water partition coefficient (Wildman–Crippen LogP) is 3.90. The number of nitrogens with zero attached hydrogens (tertiary/aromatic N) is 2. The SMILES string of the molecule is CCCc1nnsc1C(Cc1cccc(F)c1Br)NC. The van der Waals surface area contributed by atoms with Crippen molar-refractivity contribution in [3.05, 3.63) is 44.6 Å². The molecule has 0 amide bonds. The summed E-state index contributed by atoms with van der Waals surface area (Å²) in [4.78, 5) is 1.14. The molecular formula is C14H17BrFN3S. The fourth-order valence-electron chi connectivity index (χ4n) is 2.14. The van der Waals surface area contributed by atoms with E-state index >= 15 is 0 Å². The van der Waals surface area contributed by atoms with Crippen LogP contribution in [0.25, 0.3) is 0 Å². The lowest BCUT2D eigenvalue weighted by atomic mass is 10.0. The van der Waals surface area contributed by atoms with Crippen molar-refractivity contribution < 1.29 is 4.39 Å². The zero-order valence-electron chi connectivity index (χ0n) is 11.5. The van der Waals surface area contributed by atoms with Crippen LogP contribution in [0.1, 0.15) is 35.5 Å². The van der Waals surface area contributed by atoms with Crippen molar-refractivity contribution >= 4 is 27.5 Å². The molecule has 2 rings (SSSR count). The molecule has 0 aliphatic heterocycles. The smallest absolute Gasteiger partial charge is 0.137 e. The Hall–Kier alpha value is -0.850. The predicted molar refractivity (Wildman–Crippen MR) is 83.5 cm³/mol. The van der Waals surface area contributed by atoms with Crippen molar-refractivity contribution in [1.29, 1.82) is 0 Å². The van der Waals surface area contributed by atoms with Gasteiger partial charge in [-0.25, -0.2) is 4.39 Å². The molecule has 0 spiro atoms. The summed E-state index contributed by atoms with van der Waals surface area (Å²) in [5, 5.41) is 7.48. The van der Waals surface area contributed by atoms with E-state index in [1.165, 1.54) is 17.6 Å². The maximum Gasteiger partial charge on any atom is 0.137 e. The molecule has 0 bridgehead atoms. The molecule has 0 saturated carbocycles. The number of rotatable bonds is 6. The van der Waals surface area contributed by atoms with Crippen molar-refractivity contribution in [1.82, 2.24) is 14.9 Å². The van der Waals surface area contributed by atoms with Crippen molar-refractivity contribution in [2.45, 2.75) is 32.2 Å². The number of hydrogen-bond donors (Lipinski definition) is 1. The van der Waals surface area contributed by atoms with Crippen molar-refractivity contribution in [3.8, 4) is 0 Å². The number of aromatic nitrogens is 2. The van der Waals surface area contributed by atoms with Crippen LogP contribution in [0.2, 0.25) is 0 Å². The van der Waals surface area contributed by atoms with Crippen LogP contribution in [0.5, 0.6) is 0 Å². The van der Waals surface area contributed by atoms with Crippen LogP contribution >= 0.6 is 27.5 Å². The molecule has 108 valence electrons. The molecule has 3 nitrogen and oxygen atoms in total. The Morgan fingerprint density at radius 2 is 2.25 bits per heavy atom. The lowest BCUT2D eigenvalue weighted by Crippen LogP contribution is -2.19. The second kappa shape index (κ2) is 7.24. The van der Waals surface area contributed by atoms with Gasteiger partial charge in [0.2, 0.25) is 0 Å². The molecule has 1 atom stereocenters.